The molecule has 1 heterocycles. The van der Waals surface area contributed by atoms with Gasteiger partial charge < -0.3 is 15.4 Å². The first-order chi connectivity index (χ1) is 9.61. The number of anilines is 1. The maximum absolute atomic E-state index is 13.0. The summed E-state index contributed by atoms with van der Waals surface area (Å²) in [4.78, 5) is 12.3. The molecule has 1 aromatic rings. The van der Waals surface area contributed by atoms with Crippen LogP contribution in [0.4, 0.5) is 10.1 Å². The van der Waals surface area contributed by atoms with Crippen molar-refractivity contribution in [2.75, 3.05) is 25.1 Å². The highest BCUT2D eigenvalue weighted by Gasteiger charge is 2.33. The van der Waals surface area contributed by atoms with E-state index in [2.05, 4.69) is 17.6 Å². The van der Waals surface area contributed by atoms with Crippen LogP contribution in [0.2, 0.25) is 0 Å². The molecular formula is C14H18FIN2O2. The van der Waals surface area contributed by atoms with Gasteiger partial charge in [0.1, 0.15) is 5.82 Å². The minimum Gasteiger partial charge on any atom is -0.379 e. The van der Waals surface area contributed by atoms with Gasteiger partial charge in [0.25, 0.3) is 0 Å². The number of carbonyl (C=O) groups is 1. The number of halogens is 2. The molecule has 0 bridgehead atoms. The van der Waals surface area contributed by atoms with Crippen molar-refractivity contribution < 1.29 is 13.9 Å². The summed E-state index contributed by atoms with van der Waals surface area (Å²) in [6.45, 7) is 3.92. The number of benzene rings is 1. The Hall–Kier alpha value is -0.730. The zero-order chi connectivity index (χ0) is 14.5. The van der Waals surface area contributed by atoms with E-state index in [-0.39, 0.29) is 23.7 Å². The average Bonchev–Trinajstić information content (AvgIpc) is 2.88. The molecule has 0 saturated carbocycles. The van der Waals surface area contributed by atoms with Gasteiger partial charge in [-0.05, 0) is 53.8 Å². The van der Waals surface area contributed by atoms with Crippen LogP contribution >= 0.6 is 22.6 Å². The number of rotatable bonds is 5. The molecule has 110 valence electrons. The molecule has 1 saturated heterocycles. The number of amides is 1. The molecule has 0 spiro atoms. The molecule has 20 heavy (non-hydrogen) atoms. The molecule has 0 aromatic heterocycles. The normalized spacial score (nSPS) is 21.9. The SMILES string of the molecule is CCCNC1COCC1C(=O)Nc1ccc(F)cc1I. The quantitative estimate of drug-likeness (QED) is 0.757. The van der Waals surface area contributed by atoms with Gasteiger partial charge in [-0.1, -0.05) is 6.92 Å². The van der Waals surface area contributed by atoms with Crippen LogP contribution in [-0.2, 0) is 9.53 Å². The van der Waals surface area contributed by atoms with Crippen molar-refractivity contribution >= 4 is 34.2 Å². The maximum Gasteiger partial charge on any atom is 0.231 e. The second kappa shape index (κ2) is 7.33. The summed E-state index contributed by atoms with van der Waals surface area (Å²) < 4.78 is 19.1. The largest absolute Gasteiger partial charge is 0.379 e. The molecular weight excluding hydrogens is 374 g/mol. The van der Waals surface area contributed by atoms with Crippen molar-refractivity contribution in [2.24, 2.45) is 5.92 Å². The second-order valence-electron chi connectivity index (χ2n) is 4.82. The van der Waals surface area contributed by atoms with Crippen molar-refractivity contribution in [3.63, 3.8) is 0 Å². The minimum absolute atomic E-state index is 0.0491. The molecule has 1 amide bonds. The zero-order valence-electron chi connectivity index (χ0n) is 11.3. The van der Waals surface area contributed by atoms with Crippen LogP contribution in [0.15, 0.2) is 18.2 Å². The van der Waals surface area contributed by atoms with Gasteiger partial charge in [0.2, 0.25) is 5.91 Å². The zero-order valence-corrected chi connectivity index (χ0v) is 13.4. The molecule has 6 heteroatoms. The van der Waals surface area contributed by atoms with E-state index in [0.29, 0.717) is 22.5 Å². The van der Waals surface area contributed by atoms with Crippen LogP contribution in [0.5, 0.6) is 0 Å². The van der Waals surface area contributed by atoms with Crippen LogP contribution in [0.1, 0.15) is 13.3 Å². The van der Waals surface area contributed by atoms with Gasteiger partial charge in [-0.15, -0.1) is 0 Å². The standard InChI is InChI=1S/C14H18FIN2O2/c1-2-5-17-13-8-20-7-10(13)14(19)18-12-4-3-9(15)6-11(12)16/h3-4,6,10,13,17H,2,5,7-8H2,1H3,(H,18,19). The van der Waals surface area contributed by atoms with Gasteiger partial charge in [0, 0.05) is 9.61 Å². The fraction of sp³-hybridized carbons (Fsp3) is 0.500. The Bertz CT molecular complexity index is 484. The molecule has 1 aromatic carbocycles. The Morgan fingerprint density at radius 2 is 2.30 bits per heavy atom. The van der Waals surface area contributed by atoms with E-state index in [1.165, 1.54) is 12.1 Å². The first kappa shape index (κ1) is 15.7. The van der Waals surface area contributed by atoms with Gasteiger partial charge in [-0.3, -0.25) is 4.79 Å². The summed E-state index contributed by atoms with van der Waals surface area (Å²) in [6.07, 6.45) is 1.01. The van der Waals surface area contributed by atoms with Crippen molar-refractivity contribution in [2.45, 2.75) is 19.4 Å². The van der Waals surface area contributed by atoms with Gasteiger partial charge >= 0.3 is 0 Å². The van der Waals surface area contributed by atoms with Crippen molar-refractivity contribution in [3.8, 4) is 0 Å². The molecule has 2 unspecified atom stereocenters. The predicted molar refractivity (Wildman–Crippen MR) is 84.1 cm³/mol. The fourth-order valence-corrected chi connectivity index (χ4v) is 2.77. The summed E-state index contributed by atoms with van der Waals surface area (Å²) in [5, 5.41) is 6.18. The topological polar surface area (TPSA) is 50.4 Å². The van der Waals surface area contributed by atoms with Gasteiger partial charge in [-0.2, -0.15) is 0 Å². The van der Waals surface area contributed by atoms with Crippen LogP contribution in [-0.4, -0.2) is 31.7 Å². The maximum atomic E-state index is 13.0. The molecule has 1 aliphatic heterocycles. The van der Waals surface area contributed by atoms with Gasteiger partial charge in [-0.25, -0.2) is 4.39 Å². The molecule has 0 radical (unpaired) electrons. The third-order valence-electron chi connectivity index (χ3n) is 3.26. The fourth-order valence-electron chi connectivity index (χ4n) is 2.16. The number of hydrogen-bond donors (Lipinski definition) is 2. The average molecular weight is 392 g/mol. The molecule has 1 aliphatic rings. The van der Waals surface area contributed by atoms with E-state index in [0.717, 1.165) is 13.0 Å². The highest BCUT2D eigenvalue weighted by molar-refractivity contribution is 14.1. The Morgan fingerprint density at radius 3 is 3.00 bits per heavy atom. The molecule has 1 fully saturated rings. The van der Waals surface area contributed by atoms with Crippen LogP contribution in [0, 0.1) is 15.3 Å². The smallest absolute Gasteiger partial charge is 0.231 e. The van der Waals surface area contributed by atoms with E-state index < -0.39 is 0 Å². The number of ether oxygens (including phenoxy) is 1. The Kier molecular flexibility index (Phi) is 5.74. The number of nitrogens with one attached hydrogen (secondary N) is 2. The predicted octanol–water partition coefficient (Wildman–Crippen LogP) is 2.38. The molecule has 4 nitrogen and oxygen atoms in total. The summed E-state index contributed by atoms with van der Waals surface area (Å²) in [7, 11) is 0. The van der Waals surface area contributed by atoms with E-state index in [1.54, 1.807) is 6.07 Å². The van der Waals surface area contributed by atoms with Crippen molar-refractivity contribution in [1.29, 1.82) is 0 Å². The Balaban J connectivity index is 2.00. The lowest BCUT2D eigenvalue weighted by atomic mass is 10.0. The third-order valence-corrected chi connectivity index (χ3v) is 4.16. The molecule has 2 atom stereocenters. The van der Waals surface area contributed by atoms with Crippen molar-refractivity contribution in [1.82, 2.24) is 5.32 Å². The lowest BCUT2D eigenvalue weighted by molar-refractivity contribution is -0.120. The highest BCUT2D eigenvalue weighted by atomic mass is 127. The number of hydrogen-bond acceptors (Lipinski definition) is 3. The van der Waals surface area contributed by atoms with E-state index in [1.807, 2.05) is 22.6 Å². The Morgan fingerprint density at radius 1 is 1.50 bits per heavy atom. The summed E-state index contributed by atoms with van der Waals surface area (Å²) in [5.41, 5.74) is 0.637. The van der Waals surface area contributed by atoms with Crippen LogP contribution in [0.3, 0.4) is 0 Å². The summed E-state index contributed by atoms with van der Waals surface area (Å²) in [6, 6.07) is 4.37. The Labute approximate surface area is 131 Å². The lowest BCUT2D eigenvalue weighted by Crippen LogP contribution is -2.41. The summed E-state index contributed by atoms with van der Waals surface area (Å²) in [5.74, 6) is -0.595. The van der Waals surface area contributed by atoms with Gasteiger partial charge in [0.05, 0.1) is 24.8 Å². The number of carbonyl (C=O) groups excluding carboxylic acids is 1. The first-order valence-corrected chi connectivity index (χ1v) is 7.76. The third kappa shape index (κ3) is 3.89. The van der Waals surface area contributed by atoms with E-state index >= 15 is 0 Å². The van der Waals surface area contributed by atoms with Crippen LogP contribution in [0.25, 0.3) is 0 Å². The highest BCUT2D eigenvalue weighted by Crippen LogP contribution is 2.22. The lowest BCUT2D eigenvalue weighted by Gasteiger charge is -2.18. The van der Waals surface area contributed by atoms with Gasteiger partial charge in [0.15, 0.2) is 0 Å². The second-order valence-corrected chi connectivity index (χ2v) is 5.98. The van der Waals surface area contributed by atoms with E-state index in [4.69, 9.17) is 4.74 Å². The monoisotopic (exact) mass is 392 g/mol. The first-order valence-electron chi connectivity index (χ1n) is 6.69. The van der Waals surface area contributed by atoms with Crippen molar-refractivity contribution in [3.05, 3.63) is 27.6 Å². The summed E-state index contributed by atoms with van der Waals surface area (Å²) >= 11 is 2.01. The van der Waals surface area contributed by atoms with Crippen LogP contribution < -0.4 is 10.6 Å². The minimum atomic E-state index is -0.306. The molecule has 2 N–H and O–H groups in total. The molecule has 2 rings (SSSR count). The van der Waals surface area contributed by atoms with E-state index in [9.17, 15) is 9.18 Å². The molecule has 0 aliphatic carbocycles.